The van der Waals surface area contributed by atoms with E-state index in [9.17, 15) is 4.79 Å². The molecule has 28 heavy (non-hydrogen) atoms. The molecule has 1 N–H and O–H groups in total. The van der Waals surface area contributed by atoms with E-state index < -0.39 is 12.0 Å². The lowest BCUT2D eigenvalue weighted by Crippen LogP contribution is -2.42. The first kappa shape index (κ1) is 18.1. The van der Waals surface area contributed by atoms with Gasteiger partial charge in [0.05, 0.1) is 6.21 Å². The van der Waals surface area contributed by atoms with Gasteiger partial charge in [-0.25, -0.2) is 5.43 Å². The Balaban J connectivity index is 1.37. The second-order valence-corrected chi connectivity index (χ2v) is 6.67. The Morgan fingerprint density at radius 3 is 2.82 bits per heavy atom. The Morgan fingerprint density at radius 1 is 1.18 bits per heavy atom. The van der Waals surface area contributed by atoms with Crippen LogP contribution in [0.3, 0.4) is 0 Å². The summed E-state index contributed by atoms with van der Waals surface area (Å²) in [5.41, 5.74) is 4.31. The molecule has 0 aliphatic carbocycles. The average Bonchev–Trinajstić information content (AvgIpc) is 3.18. The van der Waals surface area contributed by atoms with Gasteiger partial charge in [0.1, 0.15) is 18.1 Å². The quantitative estimate of drug-likeness (QED) is 0.530. The van der Waals surface area contributed by atoms with E-state index in [0.29, 0.717) is 28.0 Å². The number of carbonyl (C=O) groups excluding carboxylic acids is 1. The standard InChI is InChI=1S/C21H17ClN2O4/c1-13-6-7-14(10-16(13)22)17-9-8-15(27-17)11-23-24-21(25)20-12-26-18-4-2-3-5-19(18)28-20/h2-11,20H,12H2,1H3,(H,24,25). The Hall–Kier alpha value is -3.25. The molecule has 142 valence electrons. The highest BCUT2D eigenvalue weighted by atomic mass is 35.5. The van der Waals surface area contributed by atoms with Crippen LogP contribution >= 0.6 is 11.6 Å². The van der Waals surface area contributed by atoms with Crippen LogP contribution in [0.1, 0.15) is 11.3 Å². The second-order valence-electron chi connectivity index (χ2n) is 6.26. The van der Waals surface area contributed by atoms with E-state index in [1.807, 2.05) is 43.3 Å². The van der Waals surface area contributed by atoms with E-state index in [0.717, 1.165) is 11.1 Å². The fraction of sp³-hybridized carbons (Fsp3) is 0.143. The van der Waals surface area contributed by atoms with Gasteiger partial charge in [-0.2, -0.15) is 5.10 Å². The van der Waals surface area contributed by atoms with Crippen molar-refractivity contribution in [1.29, 1.82) is 0 Å². The molecule has 0 bridgehead atoms. The summed E-state index contributed by atoms with van der Waals surface area (Å²) in [7, 11) is 0. The van der Waals surface area contributed by atoms with Gasteiger partial charge in [-0.1, -0.05) is 35.9 Å². The number of furan rings is 1. The zero-order valence-electron chi connectivity index (χ0n) is 15.0. The van der Waals surface area contributed by atoms with Crippen molar-refractivity contribution < 1.29 is 18.7 Å². The van der Waals surface area contributed by atoms with Crippen LogP contribution in [0.25, 0.3) is 11.3 Å². The number of benzene rings is 2. The number of hydrogen-bond donors (Lipinski definition) is 1. The first-order valence-electron chi connectivity index (χ1n) is 8.68. The lowest BCUT2D eigenvalue weighted by atomic mass is 10.1. The molecule has 1 atom stereocenters. The Kier molecular flexibility index (Phi) is 5.04. The third-order valence-electron chi connectivity index (χ3n) is 4.25. The molecule has 1 aromatic heterocycles. The summed E-state index contributed by atoms with van der Waals surface area (Å²) in [5, 5.41) is 4.61. The summed E-state index contributed by atoms with van der Waals surface area (Å²) in [5.74, 6) is 1.91. The molecule has 1 aliphatic heterocycles. The number of aryl methyl sites for hydroxylation is 1. The second kappa shape index (κ2) is 7.78. The van der Waals surface area contributed by atoms with Crippen LogP contribution in [0.4, 0.5) is 0 Å². The summed E-state index contributed by atoms with van der Waals surface area (Å²) in [4.78, 5) is 12.2. The Bertz CT molecular complexity index is 1040. The van der Waals surface area contributed by atoms with E-state index in [1.54, 1.807) is 18.2 Å². The monoisotopic (exact) mass is 396 g/mol. The van der Waals surface area contributed by atoms with E-state index in [1.165, 1.54) is 6.21 Å². The molecule has 2 heterocycles. The van der Waals surface area contributed by atoms with Gasteiger partial charge in [0, 0.05) is 10.6 Å². The lowest BCUT2D eigenvalue weighted by Gasteiger charge is -2.24. The lowest BCUT2D eigenvalue weighted by molar-refractivity contribution is -0.130. The van der Waals surface area contributed by atoms with Gasteiger partial charge in [-0.3, -0.25) is 4.79 Å². The number of nitrogens with one attached hydrogen (secondary N) is 1. The normalized spacial score (nSPS) is 15.6. The Labute approximate surface area is 166 Å². The fourth-order valence-electron chi connectivity index (χ4n) is 2.70. The number of amides is 1. The van der Waals surface area contributed by atoms with Crippen LogP contribution in [0, 0.1) is 6.92 Å². The number of carbonyl (C=O) groups is 1. The molecule has 3 aromatic rings. The molecule has 0 fully saturated rings. The molecule has 1 unspecified atom stereocenters. The van der Waals surface area contributed by atoms with Crippen LogP contribution in [-0.2, 0) is 4.79 Å². The van der Waals surface area contributed by atoms with Crippen molar-refractivity contribution in [2.45, 2.75) is 13.0 Å². The molecule has 2 aromatic carbocycles. The summed E-state index contributed by atoms with van der Waals surface area (Å²) < 4.78 is 16.9. The number of para-hydroxylation sites is 2. The van der Waals surface area contributed by atoms with Crippen LogP contribution in [-0.4, -0.2) is 24.8 Å². The molecule has 0 radical (unpaired) electrons. The van der Waals surface area contributed by atoms with Crippen molar-refractivity contribution in [1.82, 2.24) is 5.43 Å². The number of rotatable bonds is 4. The molecule has 0 spiro atoms. The smallest absolute Gasteiger partial charge is 0.284 e. The van der Waals surface area contributed by atoms with Crippen molar-refractivity contribution >= 4 is 23.7 Å². The zero-order chi connectivity index (χ0) is 19.5. The number of fused-ring (bicyclic) bond motifs is 1. The summed E-state index contributed by atoms with van der Waals surface area (Å²) in [6.45, 7) is 2.06. The maximum absolute atomic E-state index is 12.2. The van der Waals surface area contributed by atoms with Crippen molar-refractivity contribution in [2.24, 2.45) is 5.10 Å². The highest BCUT2D eigenvalue weighted by molar-refractivity contribution is 6.31. The third-order valence-corrected chi connectivity index (χ3v) is 4.66. The van der Waals surface area contributed by atoms with E-state index >= 15 is 0 Å². The highest BCUT2D eigenvalue weighted by Crippen LogP contribution is 2.31. The summed E-state index contributed by atoms with van der Waals surface area (Å²) in [6, 6.07) is 16.5. The molecular formula is C21H17ClN2O4. The number of halogens is 1. The average molecular weight is 397 g/mol. The first-order valence-corrected chi connectivity index (χ1v) is 9.06. The topological polar surface area (TPSA) is 73.1 Å². The Morgan fingerprint density at radius 2 is 2.00 bits per heavy atom. The number of nitrogens with zero attached hydrogens (tertiary/aromatic N) is 1. The summed E-state index contributed by atoms with van der Waals surface area (Å²) in [6.07, 6.45) is 0.656. The maximum Gasteiger partial charge on any atom is 0.284 e. The minimum absolute atomic E-state index is 0.122. The van der Waals surface area contributed by atoms with Crippen LogP contribution < -0.4 is 14.9 Å². The largest absolute Gasteiger partial charge is 0.485 e. The fourth-order valence-corrected chi connectivity index (χ4v) is 2.88. The maximum atomic E-state index is 12.2. The van der Waals surface area contributed by atoms with Crippen LogP contribution in [0.2, 0.25) is 5.02 Å². The van der Waals surface area contributed by atoms with E-state index in [-0.39, 0.29) is 6.61 Å². The predicted octanol–water partition coefficient (Wildman–Crippen LogP) is 4.20. The molecular weight excluding hydrogens is 380 g/mol. The van der Waals surface area contributed by atoms with Crippen molar-refractivity contribution in [3.63, 3.8) is 0 Å². The minimum Gasteiger partial charge on any atom is -0.485 e. The minimum atomic E-state index is -0.770. The van der Waals surface area contributed by atoms with Crippen LogP contribution in [0.5, 0.6) is 11.5 Å². The predicted molar refractivity (Wildman–Crippen MR) is 106 cm³/mol. The van der Waals surface area contributed by atoms with Gasteiger partial charge in [0.25, 0.3) is 5.91 Å². The molecule has 0 saturated heterocycles. The highest BCUT2D eigenvalue weighted by Gasteiger charge is 2.27. The van der Waals surface area contributed by atoms with Gasteiger partial charge in [0.15, 0.2) is 11.5 Å². The summed E-state index contributed by atoms with van der Waals surface area (Å²) >= 11 is 6.16. The first-order chi connectivity index (χ1) is 13.6. The van der Waals surface area contributed by atoms with Crippen LogP contribution in [0.15, 0.2) is 64.1 Å². The van der Waals surface area contributed by atoms with Crippen molar-refractivity contribution in [3.8, 4) is 22.8 Å². The zero-order valence-corrected chi connectivity index (χ0v) is 15.8. The number of hydrogen-bond acceptors (Lipinski definition) is 5. The van der Waals surface area contributed by atoms with Crippen molar-refractivity contribution in [2.75, 3.05) is 6.61 Å². The van der Waals surface area contributed by atoms with Crippen molar-refractivity contribution in [3.05, 3.63) is 70.9 Å². The van der Waals surface area contributed by atoms with Gasteiger partial charge >= 0.3 is 0 Å². The molecule has 7 heteroatoms. The van der Waals surface area contributed by atoms with Gasteiger partial charge in [0.2, 0.25) is 6.10 Å². The SMILES string of the molecule is Cc1ccc(-c2ccc(C=NNC(=O)C3COc4ccccc4O3)o2)cc1Cl. The number of hydrazone groups is 1. The molecule has 4 rings (SSSR count). The molecule has 0 saturated carbocycles. The van der Waals surface area contributed by atoms with Gasteiger partial charge < -0.3 is 13.9 Å². The molecule has 1 aliphatic rings. The van der Waals surface area contributed by atoms with E-state index in [2.05, 4.69) is 10.5 Å². The van der Waals surface area contributed by atoms with E-state index in [4.69, 9.17) is 25.5 Å². The van der Waals surface area contributed by atoms with Gasteiger partial charge in [-0.15, -0.1) is 0 Å². The number of ether oxygens (including phenoxy) is 2. The third kappa shape index (κ3) is 3.87. The molecule has 6 nitrogen and oxygen atoms in total. The molecule has 1 amide bonds. The van der Waals surface area contributed by atoms with Gasteiger partial charge in [-0.05, 0) is 42.8 Å².